The minimum Gasteiger partial charge on any atom is -0.496 e. The molecule has 2 aliphatic rings. The summed E-state index contributed by atoms with van der Waals surface area (Å²) in [6, 6.07) is 18.0. The van der Waals surface area contributed by atoms with E-state index in [1.54, 1.807) is 7.11 Å². The van der Waals surface area contributed by atoms with Crippen LogP contribution in [0.25, 0.3) is 0 Å². The van der Waals surface area contributed by atoms with Gasteiger partial charge in [-0.05, 0) is 98.7 Å². The zero-order valence-corrected chi connectivity index (χ0v) is 21.1. The van der Waals surface area contributed by atoms with Gasteiger partial charge < -0.3 is 14.4 Å². The van der Waals surface area contributed by atoms with Crippen LogP contribution in [-0.2, 0) is 23.2 Å². The molecule has 1 amide bonds. The van der Waals surface area contributed by atoms with Crippen LogP contribution in [0.4, 0.5) is 5.69 Å². The van der Waals surface area contributed by atoms with Gasteiger partial charge in [-0.1, -0.05) is 35.9 Å². The second kappa shape index (κ2) is 8.06. The van der Waals surface area contributed by atoms with E-state index in [0.717, 1.165) is 57.8 Å². The van der Waals surface area contributed by atoms with Gasteiger partial charge in [0.2, 0.25) is 5.91 Å². The minimum absolute atomic E-state index is 0.0512. The Morgan fingerprint density at radius 3 is 2.59 bits per heavy atom. The van der Waals surface area contributed by atoms with Gasteiger partial charge in [-0.15, -0.1) is 0 Å². The molecule has 3 aromatic rings. The Labute approximate surface area is 206 Å². The highest BCUT2D eigenvalue weighted by molar-refractivity contribution is 6.31. The Kier molecular flexibility index (Phi) is 5.40. The second-order valence-electron chi connectivity index (χ2n) is 10.2. The maximum Gasteiger partial charge on any atom is 0.242 e. The van der Waals surface area contributed by atoms with E-state index in [0.29, 0.717) is 11.6 Å². The summed E-state index contributed by atoms with van der Waals surface area (Å²) in [6.45, 7) is 8.74. The molecule has 3 aromatic carbocycles. The molecule has 5 rings (SSSR count). The molecule has 2 heterocycles. The number of rotatable bonds is 4. The van der Waals surface area contributed by atoms with Crippen molar-refractivity contribution in [2.24, 2.45) is 0 Å². The van der Waals surface area contributed by atoms with Crippen molar-refractivity contribution >= 4 is 23.2 Å². The van der Waals surface area contributed by atoms with E-state index < -0.39 is 5.41 Å². The third-order valence-corrected chi connectivity index (χ3v) is 7.52. The molecule has 0 radical (unpaired) electrons. The van der Waals surface area contributed by atoms with Crippen LogP contribution in [-0.4, -0.2) is 18.6 Å². The van der Waals surface area contributed by atoms with Crippen LogP contribution < -0.4 is 14.4 Å². The first-order valence-corrected chi connectivity index (χ1v) is 12.1. The molecule has 0 aromatic heterocycles. The van der Waals surface area contributed by atoms with E-state index in [9.17, 15) is 4.79 Å². The third kappa shape index (κ3) is 3.65. The number of aryl methyl sites for hydroxylation is 2. The monoisotopic (exact) mass is 475 g/mol. The predicted molar refractivity (Wildman–Crippen MR) is 136 cm³/mol. The molecule has 0 saturated heterocycles. The number of hydrogen-bond donors (Lipinski definition) is 0. The summed E-state index contributed by atoms with van der Waals surface area (Å²) >= 11 is 6.43. The number of fused-ring (bicyclic) bond motifs is 2. The molecule has 0 unspecified atom stereocenters. The fraction of sp³-hybridized carbons (Fsp3) is 0.345. The van der Waals surface area contributed by atoms with Gasteiger partial charge in [0.05, 0.1) is 19.1 Å². The molecule has 0 fully saturated rings. The summed E-state index contributed by atoms with van der Waals surface area (Å²) in [5, 5.41) is 0.628. The predicted octanol–water partition coefficient (Wildman–Crippen LogP) is 6.61. The lowest BCUT2D eigenvalue weighted by molar-refractivity contribution is -0.121. The van der Waals surface area contributed by atoms with Gasteiger partial charge in [0, 0.05) is 10.7 Å². The average molecular weight is 476 g/mol. The Morgan fingerprint density at radius 2 is 1.85 bits per heavy atom. The lowest BCUT2D eigenvalue weighted by atomic mass is 9.76. The molecule has 0 spiro atoms. The van der Waals surface area contributed by atoms with Gasteiger partial charge in [0.1, 0.15) is 17.1 Å². The lowest BCUT2D eigenvalue weighted by Crippen LogP contribution is -2.39. The molecule has 0 bridgehead atoms. The number of hydrogen-bond acceptors (Lipinski definition) is 3. The summed E-state index contributed by atoms with van der Waals surface area (Å²) in [5.74, 6) is 1.80. The van der Waals surface area contributed by atoms with Crippen molar-refractivity contribution in [3.8, 4) is 11.5 Å². The Hall–Kier alpha value is -2.98. The fourth-order valence-corrected chi connectivity index (χ4v) is 5.44. The van der Waals surface area contributed by atoms with Crippen LogP contribution in [0, 0.1) is 6.92 Å². The molecular formula is C29H30ClNO3. The molecular weight excluding hydrogens is 446 g/mol. The number of benzene rings is 3. The summed E-state index contributed by atoms with van der Waals surface area (Å²) in [5.41, 5.74) is 5.06. The van der Waals surface area contributed by atoms with Crippen LogP contribution in [0.5, 0.6) is 11.5 Å². The first kappa shape index (κ1) is 22.8. The van der Waals surface area contributed by atoms with Gasteiger partial charge >= 0.3 is 0 Å². The van der Waals surface area contributed by atoms with Gasteiger partial charge in [-0.25, -0.2) is 0 Å². The van der Waals surface area contributed by atoms with Gasteiger partial charge in [0.25, 0.3) is 0 Å². The van der Waals surface area contributed by atoms with Crippen molar-refractivity contribution in [3.05, 3.63) is 87.4 Å². The quantitative estimate of drug-likeness (QED) is 0.426. The Morgan fingerprint density at radius 1 is 1.06 bits per heavy atom. The van der Waals surface area contributed by atoms with Crippen molar-refractivity contribution in [1.29, 1.82) is 0 Å². The third-order valence-electron chi connectivity index (χ3n) is 7.28. The minimum atomic E-state index is -0.830. The number of ether oxygens (including phenoxy) is 2. The Bertz CT molecular complexity index is 1300. The van der Waals surface area contributed by atoms with E-state index in [-0.39, 0.29) is 11.5 Å². The first-order chi connectivity index (χ1) is 16.1. The SMILES string of the molecule is COc1ccc(CN2C(=O)[C@@](C)(c3ccc4c(c3)CCC(C)(C)O4)c3cc(Cl)ccc32)cc1C. The molecule has 0 aliphatic carbocycles. The van der Waals surface area contributed by atoms with E-state index in [1.807, 2.05) is 61.2 Å². The Balaban J connectivity index is 1.57. The molecule has 1 atom stereocenters. The standard InChI is InChI=1S/C29H30ClNO3/c1-18-14-19(6-10-25(18)33-5)17-31-24-9-8-22(30)16-23(24)29(4,27(31)32)21-7-11-26-20(15-21)12-13-28(2,3)34-26/h6-11,14-16H,12-13,17H2,1-5H3/t29-/m0/s1. The lowest BCUT2D eigenvalue weighted by Gasteiger charge is -2.34. The topological polar surface area (TPSA) is 38.8 Å². The van der Waals surface area contributed by atoms with Crippen molar-refractivity contribution in [3.63, 3.8) is 0 Å². The fourth-order valence-electron chi connectivity index (χ4n) is 5.27. The number of halogens is 1. The number of carbonyl (C=O) groups is 1. The molecule has 5 heteroatoms. The number of nitrogens with zero attached hydrogens (tertiary/aromatic N) is 1. The highest BCUT2D eigenvalue weighted by Gasteiger charge is 2.49. The number of carbonyl (C=O) groups excluding carboxylic acids is 1. The molecule has 0 N–H and O–H groups in total. The van der Waals surface area contributed by atoms with Gasteiger partial charge in [0.15, 0.2) is 0 Å². The summed E-state index contributed by atoms with van der Waals surface area (Å²) in [7, 11) is 1.67. The van der Waals surface area contributed by atoms with Crippen LogP contribution in [0.1, 0.15) is 55.0 Å². The van der Waals surface area contributed by atoms with Crippen LogP contribution in [0.15, 0.2) is 54.6 Å². The van der Waals surface area contributed by atoms with Crippen LogP contribution >= 0.6 is 11.6 Å². The smallest absolute Gasteiger partial charge is 0.242 e. The van der Waals surface area contributed by atoms with Crippen LogP contribution in [0.3, 0.4) is 0 Å². The number of methoxy groups -OCH3 is 1. The summed E-state index contributed by atoms with van der Waals surface area (Å²) < 4.78 is 11.6. The van der Waals surface area contributed by atoms with Crippen molar-refractivity contribution in [2.75, 3.05) is 12.0 Å². The first-order valence-electron chi connectivity index (χ1n) is 11.7. The van der Waals surface area contributed by atoms with E-state index in [2.05, 4.69) is 26.0 Å². The van der Waals surface area contributed by atoms with Crippen molar-refractivity contribution in [1.82, 2.24) is 0 Å². The summed E-state index contributed by atoms with van der Waals surface area (Å²) in [6.07, 6.45) is 1.87. The largest absolute Gasteiger partial charge is 0.496 e. The number of amides is 1. The highest BCUT2D eigenvalue weighted by atomic mass is 35.5. The normalized spacial score (nSPS) is 20.5. The zero-order chi connectivity index (χ0) is 24.3. The van der Waals surface area contributed by atoms with Gasteiger partial charge in [-0.3, -0.25) is 4.79 Å². The molecule has 34 heavy (non-hydrogen) atoms. The second-order valence-corrected chi connectivity index (χ2v) is 10.6. The highest BCUT2D eigenvalue weighted by Crippen LogP contribution is 2.48. The maximum atomic E-state index is 14.1. The van der Waals surface area contributed by atoms with Crippen molar-refractivity contribution in [2.45, 2.75) is 58.1 Å². The van der Waals surface area contributed by atoms with Gasteiger partial charge in [-0.2, -0.15) is 0 Å². The van der Waals surface area contributed by atoms with E-state index in [1.165, 1.54) is 0 Å². The molecule has 0 saturated carbocycles. The molecule has 2 aliphatic heterocycles. The maximum absolute atomic E-state index is 14.1. The average Bonchev–Trinajstić information content (AvgIpc) is 3.00. The summed E-state index contributed by atoms with van der Waals surface area (Å²) in [4.78, 5) is 16.0. The number of anilines is 1. The van der Waals surface area contributed by atoms with E-state index >= 15 is 0 Å². The van der Waals surface area contributed by atoms with Crippen molar-refractivity contribution < 1.29 is 14.3 Å². The van der Waals surface area contributed by atoms with E-state index in [4.69, 9.17) is 21.1 Å². The zero-order valence-electron chi connectivity index (χ0n) is 20.4. The van der Waals surface area contributed by atoms with Crippen LogP contribution in [0.2, 0.25) is 5.02 Å². The molecule has 4 nitrogen and oxygen atoms in total. The molecule has 176 valence electrons.